The standard InChI is InChI=1S/C44H35N3O3/c1-22(2)29-20-30-26-13-7-9-16-33(26)49-42(30)36(23(3)4)40(29)47-39-25(6)12-11-15-32(39)45-43(47)28-19-18-24(5)37-31-21-35-38(46-44(31)50-41(28)37)27-14-8-10-17-34(27)48-35/h7-23H,1-6H3/i5D3,6D3. The maximum Gasteiger partial charge on any atom is 0.228 e. The Morgan fingerprint density at radius 1 is 0.640 bits per heavy atom. The lowest BCUT2D eigenvalue weighted by Gasteiger charge is -2.23. The number of imidazole rings is 1. The van der Waals surface area contributed by atoms with Gasteiger partial charge in [-0.25, -0.2) is 9.97 Å². The summed E-state index contributed by atoms with van der Waals surface area (Å²) in [5.74, 6) is 0.311. The zero-order valence-electron chi connectivity index (χ0n) is 33.9. The average molecular weight is 660 g/mol. The van der Waals surface area contributed by atoms with Gasteiger partial charge in [-0.3, -0.25) is 4.57 Å². The highest BCUT2D eigenvalue weighted by Crippen LogP contribution is 2.46. The number of fused-ring (bicyclic) bond motifs is 10. The molecule has 0 N–H and O–H groups in total. The number of nitrogens with zero attached hydrogens (tertiary/aromatic N) is 3. The van der Waals surface area contributed by atoms with Crippen molar-refractivity contribution in [2.75, 3.05) is 0 Å². The van der Waals surface area contributed by atoms with Crippen LogP contribution in [0.25, 0.3) is 94.2 Å². The summed E-state index contributed by atoms with van der Waals surface area (Å²) < 4.78 is 73.3. The van der Waals surface area contributed by atoms with Gasteiger partial charge < -0.3 is 13.3 Å². The third kappa shape index (κ3) is 3.90. The van der Waals surface area contributed by atoms with E-state index < -0.39 is 13.7 Å². The zero-order valence-corrected chi connectivity index (χ0v) is 27.9. The molecule has 0 aliphatic heterocycles. The monoisotopic (exact) mass is 659 g/mol. The van der Waals surface area contributed by atoms with E-state index in [9.17, 15) is 0 Å². The summed E-state index contributed by atoms with van der Waals surface area (Å²) in [4.78, 5) is 10.1. The van der Waals surface area contributed by atoms with Gasteiger partial charge in [-0.15, -0.1) is 0 Å². The van der Waals surface area contributed by atoms with Gasteiger partial charge in [-0.1, -0.05) is 76.2 Å². The molecule has 0 radical (unpaired) electrons. The summed E-state index contributed by atoms with van der Waals surface area (Å²) in [6.45, 7) is 3.45. The average Bonchev–Trinajstić information content (AvgIpc) is 3.91. The number of rotatable bonds is 4. The van der Waals surface area contributed by atoms with Crippen LogP contribution in [-0.4, -0.2) is 14.5 Å². The van der Waals surface area contributed by atoms with Crippen LogP contribution >= 0.6 is 0 Å². The topological polar surface area (TPSA) is 70.1 Å². The summed E-state index contributed by atoms with van der Waals surface area (Å²) in [5.41, 5.74) is 7.98. The predicted molar refractivity (Wildman–Crippen MR) is 204 cm³/mol. The molecule has 50 heavy (non-hydrogen) atoms. The Labute approximate surface area is 296 Å². The fourth-order valence-electron chi connectivity index (χ4n) is 7.75. The first kappa shape index (κ1) is 23.5. The van der Waals surface area contributed by atoms with Crippen LogP contribution in [0.1, 0.15) is 70.0 Å². The van der Waals surface area contributed by atoms with E-state index in [0.29, 0.717) is 55.5 Å². The molecule has 5 aromatic carbocycles. The molecule has 0 bridgehead atoms. The van der Waals surface area contributed by atoms with Gasteiger partial charge in [0.2, 0.25) is 5.71 Å². The largest absolute Gasteiger partial charge is 0.456 e. The molecule has 0 saturated heterocycles. The first-order valence-corrected chi connectivity index (χ1v) is 16.9. The number of hydrogen-bond donors (Lipinski definition) is 0. The van der Waals surface area contributed by atoms with Crippen molar-refractivity contribution in [1.29, 1.82) is 0 Å². The number of aryl methyl sites for hydroxylation is 2. The van der Waals surface area contributed by atoms with Crippen LogP contribution in [0.4, 0.5) is 0 Å². The lowest BCUT2D eigenvalue weighted by molar-refractivity contribution is 0.652. The summed E-state index contributed by atoms with van der Waals surface area (Å²) >= 11 is 0. The maximum absolute atomic E-state index is 8.70. The molecular weight excluding hydrogens is 619 g/mol. The van der Waals surface area contributed by atoms with Crippen molar-refractivity contribution < 1.29 is 21.5 Å². The number of furan rings is 3. The van der Waals surface area contributed by atoms with Gasteiger partial charge in [-0.2, -0.15) is 0 Å². The van der Waals surface area contributed by atoms with Crippen LogP contribution in [-0.2, 0) is 0 Å². The molecule has 10 rings (SSSR count). The third-order valence-corrected chi connectivity index (χ3v) is 9.99. The van der Waals surface area contributed by atoms with Crippen molar-refractivity contribution in [3.63, 3.8) is 0 Å². The minimum Gasteiger partial charge on any atom is -0.456 e. The minimum atomic E-state index is -2.51. The van der Waals surface area contributed by atoms with E-state index >= 15 is 0 Å². The molecule has 6 heteroatoms. The molecule has 0 atom stereocenters. The number of pyridine rings is 1. The van der Waals surface area contributed by atoms with Crippen LogP contribution < -0.4 is 0 Å². The van der Waals surface area contributed by atoms with Gasteiger partial charge in [0, 0.05) is 35.3 Å². The van der Waals surface area contributed by atoms with E-state index in [2.05, 4.69) is 39.8 Å². The summed E-state index contributed by atoms with van der Waals surface area (Å²) in [6.07, 6.45) is 0. The summed E-state index contributed by atoms with van der Waals surface area (Å²) in [6, 6.07) is 27.9. The molecule has 0 spiro atoms. The van der Waals surface area contributed by atoms with Crippen LogP contribution in [0, 0.1) is 13.7 Å². The van der Waals surface area contributed by atoms with Gasteiger partial charge in [0.05, 0.1) is 27.7 Å². The molecule has 5 heterocycles. The molecule has 0 unspecified atom stereocenters. The Morgan fingerprint density at radius 2 is 1.42 bits per heavy atom. The lowest BCUT2D eigenvalue weighted by atomic mass is 9.89. The second-order valence-electron chi connectivity index (χ2n) is 13.7. The van der Waals surface area contributed by atoms with Crippen molar-refractivity contribution in [3.8, 4) is 17.1 Å². The van der Waals surface area contributed by atoms with Crippen LogP contribution in [0.5, 0.6) is 0 Å². The van der Waals surface area contributed by atoms with Gasteiger partial charge in [-0.05, 0) is 84.7 Å². The highest BCUT2D eigenvalue weighted by atomic mass is 16.3. The molecule has 244 valence electrons. The van der Waals surface area contributed by atoms with Crippen molar-refractivity contribution in [2.24, 2.45) is 0 Å². The molecule has 10 aromatic rings. The highest BCUT2D eigenvalue weighted by Gasteiger charge is 2.29. The number of aromatic nitrogens is 3. The molecule has 0 fully saturated rings. The number of hydrogen-bond acceptors (Lipinski definition) is 5. The first-order chi connectivity index (χ1) is 26.7. The lowest BCUT2D eigenvalue weighted by Crippen LogP contribution is -2.10. The smallest absolute Gasteiger partial charge is 0.228 e. The van der Waals surface area contributed by atoms with Crippen LogP contribution in [0.2, 0.25) is 0 Å². The Morgan fingerprint density at radius 3 is 2.20 bits per heavy atom. The van der Waals surface area contributed by atoms with Crippen molar-refractivity contribution >= 4 is 77.1 Å². The Bertz CT molecular complexity index is 3250. The van der Waals surface area contributed by atoms with E-state index in [4.69, 9.17) is 31.4 Å². The fourth-order valence-corrected chi connectivity index (χ4v) is 7.75. The van der Waals surface area contributed by atoms with Gasteiger partial charge in [0.15, 0.2) is 5.58 Å². The van der Waals surface area contributed by atoms with Crippen LogP contribution in [0.3, 0.4) is 0 Å². The van der Waals surface area contributed by atoms with E-state index in [0.717, 1.165) is 38.6 Å². The minimum absolute atomic E-state index is 0.00981. The molecular formula is C44H35N3O3. The van der Waals surface area contributed by atoms with Gasteiger partial charge in [0.25, 0.3) is 0 Å². The maximum atomic E-state index is 8.70. The summed E-state index contributed by atoms with van der Waals surface area (Å²) in [7, 11) is 0. The molecule has 0 amide bonds. The fraction of sp³-hybridized carbons (Fsp3) is 0.182. The highest BCUT2D eigenvalue weighted by molar-refractivity contribution is 6.15. The molecule has 6 nitrogen and oxygen atoms in total. The normalized spacial score (nSPS) is 14.8. The number of para-hydroxylation sites is 3. The third-order valence-electron chi connectivity index (χ3n) is 9.99. The van der Waals surface area contributed by atoms with Crippen molar-refractivity contribution in [3.05, 3.63) is 113 Å². The van der Waals surface area contributed by atoms with Crippen LogP contribution in [0.15, 0.2) is 104 Å². The molecule has 0 aliphatic rings. The van der Waals surface area contributed by atoms with E-state index in [1.165, 1.54) is 0 Å². The molecule has 5 aromatic heterocycles. The van der Waals surface area contributed by atoms with Gasteiger partial charge >= 0.3 is 0 Å². The van der Waals surface area contributed by atoms with Crippen molar-refractivity contribution in [2.45, 2.75) is 53.2 Å². The SMILES string of the molecule is [2H]C([2H])([2H])c1ccc(-c2nc3cccc(C([2H])([2H])[2H])c3n2-c2c(C(C)C)cc3c(oc4ccccc43)c2C(C)C)c2oc3nc4c(cc3c12)oc1ccccc14. The second kappa shape index (κ2) is 10.3. The number of benzene rings is 5. The predicted octanol–water partition coefficient (Wildman–Crippen LogP) is 12.6. The van der Waals surface area contributed by atoms with E-state index in [1.807, 2.05) is 53.1 Å². The van der Waals surface area contributed by atoms with Gasteiger partial charge in [0.1, 0.15) is 33.7 Å². The zero-order chi connectivity index (χ0) is 39.0. The van der Waals surface area contributed by atoms with E-state index in [-0.39, 0.29) is 34.3 Å². The van der Waals surface area contributed by atoms with Crippen molar-refractivity contribution in [1.82, 2.24) is 14.5 Å². The Kier molecular flexibility index (Phi) is 4.84. The van der Waals surface area contributed by atoms with E-state index in [1.54, 1.807) is 30.3 Å². The quantitative estimate of drug-likeness (QED) is 0.188. The second-order valence-corrected chi connectivity index (χ2v) is 13.7. The summed E-state index contributed by atoms with van der Waals surface area (Å²) in [5, 5.41) is 3.63. The first-order valence-electron chi connectivity index (χ1n) is 19.9. The Hall–Kier alpha value is -5.88. The molecule has 0 aliphatic carbocycles. The molecule has 0 saturated carbocycles. The Balaban J connectivity index is 1.39.